The van der Waals surface area contributed by atoms with Crippen molar-refractivity contribution < 1.29 is 0 Å². The largest absolute Gasteiger partial charge is 0.384 e. The minimum atomic E-state index is 0.350. The Bertz CT molecular complexity index is 330. The van der Waals surface area contributed by atoms with Gasteiger partial charge in [-0.2, -0.15) is 0 Å². The van der Waals surface area contributed by atoms with Gasteiger partial charge in [-0.05, 0) is 30.5 Å². The van der Waals surface area contributed by atoms with Crippen LogP contribution in [0.3, 0.4) is 0 Å². The fraction of sp³-hybridized carbons (Fsp3) is 0.500. The molecule has 0 aliphatic carbocycles. The molecule has 1 aliphatic rings. The van der Waals surface area contributed by atoms with E-state index in [4.69, 9.17) is 0 Å². The van der Waals surface area contributed by atoms with Crippen molar-refractivity contribution in [3.8, 4) is 0 Å². The molecule has 0 aromatic heterocycles. The summed E-state index contributed by atoms with van der Waals surface area (Å²) < 4.78 is 0. The SMILES string of the molecule is CCC1(C)CNc2cc(C)ccc21. The summed E-state index contributed by atoms with van der Waals surface area (Å²) in [4.78, 5) is 0. The third-order valence-electron chi connectivity index (χ3n) is 3.27. The molecule has 1 heteroatoms. The first kappa shape index (κ1) is 8.61. The maximum absolute atomic E-state index is 3.48. The Kier molecular flexibility index (Phi) is 1.83. The molecule has 1 heterocycles. The van der Waals surface area contributed by atoms with Crippen LogP contribution in [0.1, 0.15) is 31.4 Å². The molecule has 1 unspecified atom stereocenters. The highest BCUT2D eigenvalue weighted by Crippen LogP contribution is 2.38. The normalized spacial score (nSPS) is 25.5. The molecule has 0 saturated heterocycles. The van der Waals surface area contributed by atoms with Gasteiger partial charge in [0.25, 0.3) is 0 Å². The van der Waals surface area contributed by atoms with E-state index in [1.807, 2.05) is 0 Å². The smallest absolute Gasteiger partial charge is 0.0381 e. The average Bonchev–Trinajstić information content (AvgIpc) is 2.45. The summed E-state index contributed by atoms with van der Waals surface area (Å²) in [5.74, 6) is 0. The van der Waals surface area contributed by atoms with Crippen LogP contribution in [0.5, 0.6) is 0 Å². The molecule has 0 radical (unpaired) electrons. The molecule has 70 valence electrons. The average molecular weight is 175 g/mol. The number of fused-ring (bicyclic) bond motifs is 1. The Morgan fingerprint density at radius 1 is 1.46 bits per heavy atom. The van der Waals surface area contributed by atoms with Crippen molar-refractivity contribution in [2.24, 2.45) is 0 Å². The summed E-state index contributed by atoms with van der Waals surface area (Å²) in [6.45, 7) is 7.82. The van der Waals surface area contributed by atoms with Gasteiger partial charge in [-0.1, -0.05) is 26.0 Å². The highest BCUT2D eigenvalue weighted by Gasteiger charge is 2.32. The molecule has 1 aromatic carbocycles. The lowest BCUT2D eigenvalue weighted by Gasteiger charge is -2.21. The van der Waals surface area contributed by atoms with Crippen LogP contribution < -0.4 is 5.32 Å². The number of rotatable bonds is 1. The quantitative estimate of drug-likeness (QED) is 0.691. The van der Waals surface area contributed by atoms with E-state index in [1.165, 1.54) is 23.2 Å². The molecule has 1 nitrogen and oxygen atoms in total. The van der Waals surface area contributed by atoms with Crippen molar-refractivity contribution in [2.75, 3.05) is 11.9 Å². The van der Waals surface area contributed by atoms with E-state index < -0.39 is 0 Å². The van der Waals surface area contributed by atoms with Crippen LogP contribution in [-0.4, -0.2) is 6.54 Å². The van der Waals surface area contributed by atoms with Crippen LogP contribution >= 0.6 is 0 Å². The minimum Gasteiger partial charge on any atom is -0.384 e. The highest BCUT2D eigenvalue weighted by molar-refractivity contribution is 5.61. The maximum atomic E-state index is 3.48. The summed E-state index contributed by atoms with van der Waals surface area (Å²) in [5.41, 5.74) is 4.51. The number of hydrogen-bond acceptors (Lipinski definition) is 1. The van der Waals surface area contributed by atoms with Crippen molar-refractivity contribution in [1.82, 2.24) is 0 Å². The molecule has 1 aliphatic heterocycles. The molecule has 0 bridgehead atoms. The second-order valence-electron chi connectivity index (χ2n) is 4.32. The van der Waals surface area contributed by atoms with Crippen molar-refractivity contribution in [3.63, 3.8) is 0 Å². The third-order valence-corrected chi connectivity index (χ3v) is 3.27. The van der Waals surface area contributed by atoms with Gasteiger partial charge in [0, 0.05) is 17.6 Å². The molecule has 13 heavy (non-hydrogen) atoms. The van der Waals surface area contributed by atoms with Crippen LogP contribution in [-0.2, 0) is 5.41 Å². The molecule has 1 aromatic rings. The molecular weight excluding hydrogens is 158 g/mol. The summed E-state index contributed by atoms with van der Waals surface area (Å²) in [6, 6.07) is 6.73. The Morgan fingerprint density at radius 2 is 2.23 bits per heavy atom. The number of benzene rings is 1. The molecule has 0 saturated carbocycles. The maximum Gasteiger partial charge on any atom is 0.0381 e. The van der Waals surface area contributed by atoms with Crippen LogP contribution in [0.25, 0.3) is 0 Å². The van der Waals surface area contributed by atoms with Gasteiger partial charge in [0.2, 0.25) is 0 Å². The second-order valence-corrected chi connectivity index (χ2v) is 4.32. The summed E-state index contributed by atoms with van der Waals surface area (Å²) in [6.07, 6.45) is 1.20. The summed E-state index contributed by atoms with van der Waals surface area (Å²) in [5, 5.41) is 3.48. The first-order valence-corrected chi connectivity index (χ1v) is 5.01. The standard InChI is InChI=1S/C12H17N/c1-4-12(3)8-13-11-7-9(2)5-6-10(11)12/h5-7,13H,4,8H2,1-3H3. The van der Waals surface area contributed by atoms with Gasteiger partial charge >= 0.3 is 0 Å². The Labute approximate surface area is 80.2 Å². The monoisotopic (exact) mass is 175 g/mol. The Balaban J connectivity index is 2.49. The second kappa shape index (κ2) is 2.76. The lowest BCUT2D eigenvalue weighted by Crippen LogP contribution is -2.22. The minimum absolute atomic E-state index is 0.350. The van der Waals surface area contributed by atoms with Gasteiger partial charge in [-0.15, -0.1) is 0 Å². The van der Waals surface area contributed by atoms with Crippen molar-refractivity contribution in [2.45, 2.75) is 32.6 Å². The van der Waals surface area contributed by atoms with E-state index >= 15 is 0 Å². The lowest BCUT2D eigenvalue weighted by atomic mass is 9.82. The lowest BCUT2D eigenvalue weighted by molar-refractivity contribution is 0.504. The predicted molar refractivity (Wildman–Crippen MR) is 57.3 cm³/mol. The van der Waals surface area contributed by atoms with E-state index in [0.717, 1.165) is 6.54 Å². The topological polar surface area (TPSA) is 12.0 Å². The number of nitrogens with one attached hydrogen (secondary N) is 1. The predicted octanol–water partition coefficient (Wildman–Crippen LogP) is 3.09. The van der Waals surface area contributed by atoms with Crippen LogP contribution in [0.4, 0.5) is 5.69 Å². The fourth-order valence-corrected chi connectivity index (χ4v) is 2.03. The van der Waals surface area contributed by atoms with Gasteiger partial charge in [-0.25, -0.2) is 0 Å². The molecule has 1 atom stereocenters. The first-order chi connectivity index (χ1) is 6.15. The zero-order valence-electron chi connectivity index (χ0n) is 8.65. The van der Waals surface area contributed by atoms with E-state index in [0.29, 0.717) is 5.41 Å². The van der Waals surface area contributed by atoms with Crippen LogP contribution in [0, 0.1) is 6.92 Å². The highest BCUT2D eigenvalue weighted by atomic mass is 14.9. The van der Waals surface area contributed by atoms with Crippen molar-refractivity contribution >= 4 is 5.69 Å². The van der Waals surface area contributed by atoms with Crippen LogP contribution in [0.15, 0.2) is 18.2 Å². The molecule has 0 amide bonds. The van der Waals surface area contributed by atoms with E-state index in [9.17, 15) is 0 Å². The number of hydrogen-bond donors (Lipinski definition) is 1. The van der Waals surface area contributed by atoms with Gasteiger partial charge < -0.3 is 5.32 Å². The molecular formula is C12H17N. The third kappa shape index (κ3) is 1.23. The first-order valence-electron chi connectivity index (χ1n) is 5.01. The molecule has 0 fully saturated rings. The van der Waals surface area contributed by atoms with Crippen molar-refractivity contribution in [1.29, 1.82) is 0 Å². The zero-order valence-corrected chi connectivity index (χ0v) is 8.65. The molecule has 2 rings (SSSR count). The van der Waals surface area contributed by atoms with Crippen LogP contribution in [0.2, 0.25) is 0 Å². The Morgan fingerprint density at radius 3 is 2.92 bits per heavy atom. The van der Waals surface area contributed by atoms with Gasteiger partial charge in [0.1, 0.15) is 0 Å². The number of aryl methyl sites for hydroxylation is 1. The van der Waals surface area contributed by atoms with Gasteiger partial charge in [0.15, 0.2) is 0 Å². The molecule has 1 N–H and O–H groups in total. The van der Waals surface area contributed by atoms with Crippen molar-refractivity contribution in [3.05, 3.63) is 29.3 Å². The van der Waals surface area contributed by atoms with Gasteiger partial charge in [0.05, 0.1) is 0 Å². The summed E-state index contributed by atoms with van der Waals surface area (Å²) in [7, 11) is 0. The zero-order chi connectivity index (χ0) is 9.47. The number of anilines is 1. The van der Waals surface area contributed by atoms with E-state index in [-0.39, 0.29) is 0 Å². The fourth-order valence-electron chi connectivity index (χ4n) is 2.03. The summed E-state index contributed by atoms with van der Waals surface area (Å²) >= 11 is 0. The van der Waals surface area contributed by atoms with E-state index in [2.05, 4.69) is 44.3 Å². The van der Waals surface area contributed by atoms with E-state index in [1.54, 1.807) is 0 Å². The Hall–Kier alpha value is -0.980. The molecule has 0 spiro atoms. The van der Waals surface area contributed by atoms with Gasteiger partial charge in [-0.3, -0.25) is 0 Å².